The van der Waals surface area contributed by atoms with E-state index in [4.69, 9.17) is 5.73 Å². The van der Waals surface area contributed by atoms with Gasteiger partial charge < -0.3 is 5.73 Å². The Labute approximate surface area is 96.6 Å². The molecular weight excluding hydrogens is 222 g/mol. The molecular formula is C12H17NO2S. The van der Waals surface area contributed by atoms with Crippen molar-refractivity contribution in [1.82, 2.24) is 0 Å². The summed E-state index contributed by atoms with van der Waals surface area (Å²) in [6.45, 7) is 4.21. The minimum Gasteiger partial charge on any atom is -0.327 e. The average Bonchev–Trinajstić information content (AvgIpc) is 2.65. The van der Waals surface area contributed by atoms with Crippen molar-refractivity contribution in [3.8, 4) is 0 Å². The van der Waals surface area contributed by atoms with Crippen LogP contribution < -0.4 is 5.73 Å². The molecule has 88 valence electrons. The maximum Gasteiger partial charge on any atom is 0.175 e. The fourth-order valence-corrected chi connectivity index (χ4v) is 2.93. The molecule has 1 aromatic rings. The van der Waals surface area contributed by atoms with E-state index in [9.17, 15) is 8.42 Å². The molecule has 2 rings (SSSR count). The molecule has 16 heavy (non-hydrogen) atoms. The molecule has 0 heterocycles. The van der Waals surface area contributed by atoms with E-state index in [-0.39, 0.29) is 17.4 Å². The molecule has 0 saturated heterocycles. The zero-order valence-electron chi connectivity index (χ0n) is 9.77. The number of hydrogen-bond donors (Lipinski definition) is 1. The van der Waals surface area contributed by atoms with Gasteiger partial charge in [0.25, 0.3) is 0 Å². The summed E-state index contributed by atoms with van der Waals surface area (Å²) in [5.74, 6) is 0.272. The van der Waals surface area contributed by atoms with E-state index in [0.29, 0.717) is 4.90 Å². The molecule has 0 radical (unpaired) electrons. The smallest absolute Gasteiger partial charge is 0.175 e. The third-order valence-corrected chi connectivity index (χ3v) is 4.67. The molecule has 1 aliphatic carbocycles. The van der Waals surface area contributed by atoms with Crippen molar-refractivity contribution in [2.75, 3.05) is 6.26 Å². The summed E-state index contributed by atoms with van der Waals surface area (Å²) < 4.78 is 22.9. The van der Waals surface area contributed by atoms with Gasteiger partial charge >= 0.3 is 0 Å². The van der Waals surface area contributed by atoms with Crippen molar-refractivity contribution in [2.24, 2.45) is 11.1 Å². The molecule has 0 amide bonds. The van der Waals surface area contributed by atoms with Gasteiger partial charge in [-0.05, 0) is 23.1 Å². The van der Waals surface area contributed by atoms with Gasteiger partial charge in [-0.15, -0.1) is 0 Å². The molecule has 0 aliphatic heterocycles. The molecule has 1 fully saturated rings. The molecule has 0 unspecified atom stereocenters. The van der Waals surface area contributed by atoms with Gasteiger partial charge in [-0.1, -0.05) is 26.0 Å². The minimum absolute atomic E-state index is 0.0795. The van der Waals surface area contributed by atoms with Crippen LogP contribution in [0.2, 0.25) is 0 Å². The first-order valence-corrected chi connectivity index (χ1v) is 7.19. The Kier molecular flexibility index (Phi) is 2.40. The SMILES string of the molecule is CC1(C)[C@H](N)[C@H]1c1cccc(S(C)(=O)=O)c1. The van der Waals surface area contributed by atoms with Crippen molar-refractivity contribution >= 4 is 9.84 Å². The van der Waals surface area contributed by atoms with E-state index in [1.807, 2.05) is 6.07 Å². The van der Waals surface area contributed by atoms with Crippen molar-refractivity contribution in [2.45, 2.75) is 30.7 Å². The van der Waals surface area contributed by atoms with Crippen LogP contribution in [0.4, 0.5) is 0 Å². The molecule has 0 bridgehead atoms. The van der Waals surface area contributed by atoms with E-state index >= 15 is 0 Å². The van der Waals surface area contributed by atoms with Crippen LogP contribution >= 0.6 is 0 Å². The topological polar surface area (TPSA) is 60.2 Å². The Morgan fingerprint density at radius 3 is 2.31 bits per heavy atom. The third-order valence-electron chi connectivity index (χ3n) is 3.56. The quantitative estimate of drug-likeness (QED) is 0.851. The molecule has 2 atom stereocenters. The maximum atomic E-state index is 11.4. The lowest BCUT2D eigenvalue weighted by Crippen LogP contribution is -2.06. The highest BCUT2D eigenvalue weighted by Gasteiger charge is 2.56. The lowest BCUT2D eigenvalue weighted by Gasteiger charge is -2.05. The van der Waals surface area contributed by atoms with Crippen LogP contribution in [0.3, 0.4) is 0 Å². The largest absolute Gasteiger partial charge is 0.327 e. The highest BCUT2D eigenvalue weighted by Crippen LogP contribution is 2.57. The van der Waals surface area contributed by atoms with Gasteiger partial charge in [0.05, 0.1) is 4.90 Å². The average molecular weight is 239 g/mol. The van der Waals surface area contributed by atoms with Crippen LogP contribution in [0.15, 0.2) is 29.2 Å². The molecule has 0 aromatic heterocycles. The summed E-state index contributed by atoms with van der Waals surface area (Å²) in [5.41, 5.74) is 7.09. The van der Waals surface area contributed by atoms with Crippen molar-refractivity contribution in [1.29, 1.82) is 0 Å². The second-order valence-electron chi connectivity index (χ2n) is 5.17. The van der Waals surface area contributed by atoms with Gasteiger partial charge in [-0.2, -0.15) is 0 Å². The van der Waals surface area contributed by atoms with Gasteiger partial charge in [0.2, 0.25) is 0 Å². The standard InChI is InChI=1S/C12H17NO2S/c1-12(2)10(11(12)13)8-5-4-6-9(7-8)16(3,14)15/h4-7,10-11H,13H2,1-3H3/t10-,11-/m1/s1. The summed E-state index contributed by atoms with van der Waals surface area (Å²) >= 11 is 0. The second-order valence-corrected chi connectivity index (χ2v) is 7.19. The van der Waals surface area contributed by atoms with Gasteiger partial charge in [0.1, 0.15) is 0 Å². The number of sulfone groups is 1. The van der Waals surface area contributed by atoms with Crippen molar-refractivity contribution in [3.05, 3.63) is 29.8 Å². The monoisotopic (exact) mass is 239 g/mol. The fourth-order valence-electron chi connectivity index (χ4n) is 2.25. The van der Waals surface area contributed by atoms with Crippen LogP contribution in [-0.4, -0.2) is 20.7 Å². The molecule has 1 aromatic carbocycles. The first-order valence-electron chi connectivity index (χ1n) is 5.30. The first kappa shape index (κ1) is 11.6. The van der Waals surface area contributed by atoms with Gasteiger partial charge in [0, 0.05) is 18.2 Å². The Morgan fingerprint density at radius 1 is 1.31 bits per heavy atom. The zero-order valence-corrected chi connectivity index (χ0v) is 10.6. The Balaban J connectivity index is 2.40. The first-order chi connectivity index (χ1) is 7.24. The molecule has 0 spiro atoms. The zero-order chi connectivity index (χ0) is 12.1. The number of rotatable bonds is 2. The van der Waals surface area contributed by atoms with Crippen molar-refractivity contribution in [3.63, 3.8) is 0 Å². The second kappa shape index (κ2) is 3.31. The highest BCUT2D eigenvalue weighted by molar-refractivity contribution is 7.90. The van der Waals surface area contributed by atoms with E-state index in [2.05, 4.69) is 13.8 Å². The van der Waals surface area contributed by atoms with E-state index in [1.165, 1.54) is 6.26 Å². The fraction of sp³-hybridized carbons (Fsp3) is 0.500. The summed E-state index contributed by atoms with van der Waals surface area (Å²) in [6.07, 6.45) is 1.23. The molecule has 1 aliphatic rings. The summed E-state index contributed by atoms with van der Waals surface area (Å²) in [7, 11) is -3.13. The Morgan fingerprint density at radius 2 is 1.88 bits per heavy atom. The van der Waals surface area contributed by atoms with E-state index in [0.717, 1.165) is 5.56 Å². The van der Waals surface area contributed by atoms with Crippen molar-refractivity contribution < 1.29 is 8.42 Å². The number of benzene rings is 1. The van der Waals surface area contributed by atoms with Gasteiger partial charge in [0.15, 0.2) is 9.84 Å². The van der Waals surface area contributed by atoms with Crippen LogP contribution in [0, 0.1) is 5.41 Å². The van der Waals surface area contributed by atoms with Crippen LogP contribution in [0.1, 0.15) is 25.3 Å². The summed E-state index contributed by atoms with van der Waals surface area (Å²) in [6, 6.07) is 7.23. The third kappa shape index (κ3) is 1.76. The van der Waals surface area contributed by atoms with E-state index < -0.39 is 9.84 Å². The molecule has 2 N–H and O–H groups in total. The molecule has 1 saturated carbocycles. The Bertz CT molecular complexity index is 520. The Hall–Kier alpha value is -0.870. The normalized spacial score (nSPS) is 27.8. The lowest BCUT2D eigenvalue weighted by molar-refractivity contribution is 0.596. The van der Waals surface area contributed by atoms with Crippen LogP contribution in [0.25, 0.3) is 0 Å². The summed E-state index contributed by atoms with van der Waals surface area (Å²) in [4.78, 5) is 0.375. The number of hydrogen-bond acceptors (Lipinski definition) is 3. The molecule has 4 heteroatoms. The maximum absolute atomic E-state index is 11.4. The molecule has 3 nitrogen and oxygen atoms in total. The lowest BCUT2D eigenvalue weighted by atomic mass is 10.0. The van der Waals surface area contributed by atoms with Crippen LogP contribution in [-0.2, 0) is 9.84 Å². The van der Waals surface area contributed by atoms with E-state index in [1.54, 1.807) is 18.2 Å². The minimum atomic E-state index is -3.13. The summed E-state index contributed by atoms with van der Waals surface area (Å²) in [5, 5.41) is 0. The highest BCUT2D eigenvalue weighted by atomic mass is 32.2. The van der Waals surface area contributed by atoms with Gasteiger partial charge in [-0.25, -0.2) is 8.42 Å². The predicted octanol–water partition coefficient (Wildman–Crippen LogP) is 1.54. The van der Waals surface area contributed by atoms with Gasteiger partial charge in [-0.3, -0.25) is 0 Å². The van der Waals surface area contributed by atoms with Crippen LogP contribution in [0.5, 0.6) is 0 Å². The number of nitrogens with two attached hydrogens (primary N) is 1. The predicted molar refractivity (Wildman–Crippen MR) is 64.0 cm³/mol.